The lowest BCUT2D eigenvalue weighted by Gasteiger charge is -2.41. The number of rotatable bonds is 3. The third-order valence-corrected chi connectivity index (χ3v) is 7.19. The van der Waals surface area contributed by atoms with Gasteiger partial charge in [0.05, 0.1) is 17.9 Å². The molecule has 1 fully saturated rings. The molecular weight excluding hydrogens is 454 g/mol. The molecular formula is C28H35N5O3. The number of benzene rings is 2. The van der Waals surface area contributed by atoms with Gasteiger partial charge in [0.25, 0.3) is 5.91 Å². The zero-order valence-electron chi connectivity index (χ0n) is 21.5. The summed E-state index contributed by atoms with van der Waals surface area (Å²) in [7, 11) is 0. The van der Waals surface area contributed by atoms with Crippen molar-refractivity contribution in [2.75, 3.05) is 23.3 Å². The van der Waals surface area contributed by atoms with E-state index in [2.05, 4.69) is 46.2 Å². The molecule has 8 nitrogen and oxygen atoms in total. The molecule has 0 aliphatic carbocycles. The third kappa shape index (κ3) is 4.90. The SMILES string of the molecule is C[C@@H]1C(=O)NN=C2CNc3ccc([C@@H]4CCN(C(=O)OC(C)(C)C)[C@H](Cc5ccccc5)C4)cc3N21. The largest absolute Gasteiger partial charge is 0.444 e. The highest BCUT2D eigenvalue weighted by atomic mass is 16.6. The minimum Gasteiger partial charge on any atom is -0.444 e. The molecule has 0 spiro atoms. The first-order valence-electron chi connectivity index (χ1n) is 12.8. The van der Waals surface area contributed by atoms with Crippen molar-refractivity contribution < 1.29 is 14.3 Å². The molecule has 3 aliphatic heterocycles. The normalized spacial score (nSPS) is 23.6. The van der Waals surface area contributed by atoms with Gasteiger partial charge in [0.2, 0.25) is 0 Å². The quantitative estimate of drug-likeness (QED) is 0.664. The van der Waals surface area contributed by atoms with Crippen LogP contribution in [0.1, 0.15) is 57.6 Å². The summed E-state index contributed by atoms with van der Waals surface area (Å²) in [5, 5.41) is 7.68. The van der Waals surface area contributed by atoms with E-state index in [1.54, 1.807) is 0 Å². The number of likely N-dealkylation sites (tertiary alicyclic amines) is 1. The number of carbonyl (C=O) groups excluding carboxylic acids is 2. The minimum atomic E-state index is -0.534. The molecule has 0 radical (unpaired) electrons. The highest BCUT2D eigenvalue weighted by Crippen LogP contribution is 2.39. The van der Waals surface area contributed by atoms with Gasteiger partial charge in [-0.05, 0) is 76.1 Å². The van der Waals surface area contributed by atoms with Crippen molar-refractivity contribution in [3.8, 4) is 0 Å². The number of anilines is 2. The molecule has 3 heterocycles. The Hall–Kier alpha value is -3.55. The second-order valence-electron chi connectivity index (χ2n) is 10.9. The maximum Gasteiger partial charge on any atom is 0.410 e. The summed E-state index contributed by atoms with van der Waals surface area (Å²) < 4.78 is 5.76. The lowest BCUT2D eigenvalue weighted by Crippen LogP contribution is -2.55. The Morgan fingerprint density at radius 3 is 2.69 bits per heavy atom. The molecule has 3 aliphatic rings. The van der Waals surface area contributed by atoms with Crippen LogP contribution in [0.25, 0.3) is 0 Å². The van der Waals surface area contributed by atoms with Crippen molar-refractivity contribution in [2.24, 2.45) is 5.10 Å². The van der Waals surface area contributed by atoms with Gasteiger partial charge in [0, 0.05) is 12.6 Å². The first-order valence-corrected chi connectivity index (χ1v) is 12.8. The Morgan fingerprint density at radius 2 is 1.94 bits per heavy atom. The van der Waals surface area contributed by atoms with Crippen molar-refractivity contribution in [3.63, 3.8) is 0 Å². The minimum absolute atomic E-state index is 0.0342. The number of nitrogens with zero attached hydrogens (tertiary/aromatic N) is 3. The summed E-state index contributed by atoms with van der Waals surface area (Å²) in [6, 6.07) is 16.5. The number of hydrogen-bond donors (Lipinski definition) is 2. The van der Waals surface area contributed by atoms with Crippen molar-refractivity contribution in [3.05, 3.63) is 59.7 Å². The summed E-state index contributed by atoms with van der Waals surface area (Å²) in [6.45, 7) is 8.84. The van der Waals surface area contributed by atoms with Crippen LogP contribution in [0.4, 0.5) is 16.2 Å². The molecule has 1 saturated heterocycles. The summed E-state index contributed by atoms with van der Waals surface area (Å²) in [6.07, 6.45) is 2.24. The van der Waals surface area contributed by atoms with Gasteiger partial charge in [-0.15, -0.1) is 0 Å². The second kappa shape index (κ2) is 9.48. The number of piperidine rings is 1. The molecule has 0 saturated carbocycles. The number of hydrogen-bond acceptors (Lipinski definition) is 6. The van der Waals surface area contributed by atoms with Gasteiger partial charge in [-0.1, -0.05) is 36.4 Å². The number of hydrazone groups is 1. The fourth-order valence-corrected chi connectivity index (χ4v) is 5.40. The van der Waals surface area contributed by atoms with Crippen molar-refractivity contribution in [1.29, 1.82) is 0 Å². The van der Waals surface area contributed by atoms with Crippen LogP contribution in [0.3, 0.4) is 0 Å². The Morgan fingerprint density at radius 1 is 1.17 bits per heavy atom. The van der Waals surface area contributed by atoms with Crippen LogP contribution < -0.4 is 15.6 Å². The van der Waals surface area contributed by atoms with E-state index in [4.69, 9.17) is 4.74 Å². The van der Waals surface area contributed by atoms with Crippen LogP contribution in [0, 0.1) is 0 Å². The van der Waals surface area contributed by atoms with Gasteiger partial charge >= 0.3 is 6.09 Å². The van der Waals surface area contributed by atoms with Gasteiger partial charge in [-0.2, -0.15) is 5.10 Å². The maximum absolute atomic E-state index is 13.1. The molecule has 2 amide bonds. The van der Waals surface area contributed by atoms with Crippen LogP contribution in [-0.2, 0) is 16.0 Å². The molecule has 5 rings (SSSR count). The van der Waals surface area contributed by atoms with E-state index >= 15 is 0 Å². The van der Waals surface area contributed by atoms with E-state index in [9.17, 15) is 9.59 Å². The fraction of sp³-hybridized carbons (Fsp3) is 0.464. The Labute approximate surface area is 212 Å². The molecule has 0 bridgehead atoms. The summed E-state index contributed by atoms with van der Waals surface area (Å²) in [4.78, 5) is 29.4. The molecule has 0 aromatic heterocycles. The highest BCUT2D eigenvalue weighted by Gasteiger charge is 2.37. The lowest BCUT2D eigenvalue weighted by atomic mass is 9.83. The third-order valence-electron chi connectivity index (χ3n) is 7.19. The molecule has 2 aromatic rings. The second-order valence-corrected chi connectivity index (χ2v) is 10.9. The van der Waals surface area contributed by atoms with Gasteiger partial charge < -0.3 is 19.9 Å². The molecule has 36 heavy (non-hydrogen) atoms. The molecule has 190 valence electrons. The maximum atomic E-state index is 13.1. The van der Waals surface area contributed by atoms with E-state index in [-0.39, 0.29) is 24.1 Å². The predicted octanol–water partition coefficient (Wildman–Crippen LogP) is 4.48. The molecule has 8 heteroatoms. The predicted molar refractivity (Wildman–Crippen MR) is 141 cm³/mol. The van der Waals surface area contributed by atoms with Gasteiger partial charge in [-0.3, -0.25) is 4.79 Å². The monoisotopic (exact) mass is 489 g/mol. The lowest BCUT2D eigenvalue weighted by molar-refractivity contribution is -0.122. The number of nitrogens with one attached hydrogen (secondary N) is 2. The Balaban J connectivity index is 1.42. The van der Waals surface area contributed by atoms with Crippen molar-refractivity contribution in [1.82, 2.24) is 10.3 Å². The number of fused-ring (bicyclic) bond motifs is 3. The van der Waals surface area contributed by atoms with Gasteiger partial charge in [0.1, 0.15) is 17.5 Å². The first kappa shape index (κ1) is 24.2. The van der Waals surface area contributed by atoms with Crippen LogP contribution >= 0.6 is 0 Å². The van der Waals surface area contributed by atoms with Crippen LogP contribution in [-0.4, -0.2) is 53.5 Å². The Kier molecular flexibility index (Phi) is 6.36. The zero-order chi connectivity index (χ0) is 25.4. The number of amides is 2. The summed E-state index contributed by atoms with van der Waals surface area (Å²) in [5.74, 6) is 0.998. The summed E-state index contributed by atoms with van der Waals surface area (Å²) >= 11 is 0. The fourth-order valence-electron chi connectivity index (χ4n) is 5.40. The Bertz CT molecular complexity index is 1170. The van der Waals surface area contributed by atoms with E-state index in [0.29, 0.717) is 19.0 Å². The standard InChI is InChI=1S/C28H35N5O3/c1-18-26(34)31-30-25-17-29-23-11-10-20(16-24(23)33(18)25)21-12-13-32(27(35)36-28(2,3)4)22(15-21)14-19-8-6-5-7-9-19/h5-11,16,18,21-22,29H,12-15,17H2,1-4H3,(H,31,34)/t18-,21-,22-/m1/s1. The molecule has 2 aromatic carbocycles. The number of amidine groups is 1. The van der Waals surface area contributed by atoms with E-state index < -0.39 is 5.60 Å². The zero-order valence-corrected chi connectivity index (χ0v) is 21.5. The number of ether oxygens (including phenoxy) is 1. The molecule has 0 unspecified atom stereocenters. The van der Waals surface area contributed by atoms with Crippen molar-refractivity contribution >= 4 is 29.2 Å². The van der Waals surface area contributed by atoms with Crippen LogP contribution in [0.5, 0.6) is 0 Å². The average Bonchev–Trinajstić information content (AvgIpc) is 2.85. The smallest absolute Gasteiger partial charge is 0.410 e. The topological polar surface area (TPSA) is 86.3 Å². The van der Waals surface area contributed by atoms with E-state index in [1.165, 1.54) is 11.1 Å². The van der Waals surface area contributed by atoms with E-state index in [1.807, 2.05) is 55.7 Å². The first-order chi connectivity index (χ1) is 17.2. The van der Waals surface area contributed by atoms with Gasteiger partial charge in [0.15, 0.2) is 0 Å². The van der Waals surface area contributed by atoms with Gasteiger partial charge in [-0.25, -0.2) is 10.2 Å². The highest BCUT2D eigenvalue weighted by molar-refractivity contribution is 6.12. The van der Waals surface area contributed by atoms with Crippen LogP contribution in [0.2, 0.25) is 0 Å². The van der Waals surface area contributed by atoms with Crippen LogP contribution in [0.15, 0.2) is 53.6 Å². The van der Waals surface area contributed by atoms with Crippen molar-refractivity contribution in [2.45, 2.75) is 70.6 Å². The number of carbonyl (C=O) groups is 2. The average molecular weight is 490 g/mol. The summed E-state index contributed by atoms with van der Waals surface area (Å²) in [5.41, 5.74) is 6.50. The van der Waals surface area contributed by atoms with E-state index in [0.717, 1.165) is 36.5 Å². The molecule has 2 N–H and O–H groups in total. The molecule has 3 atom stereocenters.